The number of halogens is 1. The Hall–Kier alpha value is -0.390. The zero-order valence-corrected chi connectivity index (χ0v) is 12.7. The number of aliphatic hydroxyl groups excluding tert-OH is 1. The monoisotopic (exact) mass is 331 g/mol. The van der Waals surface area contributed by atoms with Crippen molar-refractivity contribution in [3.63, 3.8) is 0 Å². The number of nitrogens with zero attached hydrogens (tertiary/aromatic N) is 1. The maximum absolute atomic E-state index is 11.9. The van der Waals surface area contributed by atoms with Crippen molar-refractivity contribution >= 4 is 33.2 Å². The minimum atomic E-state index is 0.201. The molecule has 1 amide bonds. The Bertz CT molecular complexity index is 407. The molecule has 2 heterocycles. The third-order valence-corrected chi connectivity index (χ3v) is 5.02. The average Bonchev–Trinajstić information content (AvgIpc) is 2.98. The molecule has 5 heteroatoms. The second kappa shape index (κ2) is 6.68. The number of amides is 1. The summed E-state index contributed by atoms with van der Waals surface area (Å²) in [6.07, 6.45) is 3.44. The van der Waals surface area contributed by atoms with Gasteiger partial charge in [0.15, 0.2) is 0 Å². The Balaban J connectivity index is 1.69. The van der Waals surface area contributed by atoms with Gasteiger partial charge >= 0.3 is 0 Å². The molecule has 1 saturated heterocycles. The topological polar surface area (TPSA) is 40.5 Å². The predicted molar refractivity (Wildman–Crippen MR) is 76.7 cm³/mol. The molecule has 0 aliphatic carbocycles. The van der Waals surface area contributed by atoms with Gasteiger partial charge in [0.05, 0.1) is 3.79 Å². The predicted octanol–water partition coefficient (Wildman–Crippen LogP) is 2.67. The third kappa shape index (κ3) is 3.80. The molecule has 18 heavy (non-hydrogen) atoms. The van der Waals surface area contributed by atoms with E-state index in [0.29, 0.717) is 12.3 Å². The molecule has 1 fully saturated rings. The van der Waals surface area contributed by atoms with E-state index in [-0.39, 0.29) is 12.5 Å². The molecule has 0 saturated carbocycles. The Labute approximate surface area is 120 Å². The van der Waals surface area contributed by atoms with Gasteiger partial charge in [-0.05, 0) is 47.3 Å². The molecule has 1 N–H and O–H groups in total. The number of carbonyl (C=O) groups excluding carboxylic acids is 1. The van der Waals surface area contributed by atoms with Crippen molar-refractivity contribution in [2.45, 2.75) is 25.7 Å². The van der Waals surface area contributed by atoms with Gasteiger partial charge in [0.2, 0.25) is 5.91 Å². The van der Waals surface area contributed by atoms with Gasteiger partial charge in [-0.3, -0.25) is 4.79 Å². The maximum Gasteiger partial charge on any atom is 0.222 e. The fourth-order valence-electron chi connectivity index (χ4n) is 2.27. The number of thiophene rings is 1. The van der Waals surface area contributed by atoms with Crippen LogP contribution in [0.15, 0.2) is 15.9 Å². The smallest absolute Gasteiger partial charge is 0.222 e. The van der Waals surface area contributed by atoms with Crippen molar-refractivity contribution in [1.29, 1.82) is 0 Å². The third-order valence-electron chi connectivity index (χ3n) is 3.34. The first-order chi connectivity index (χ1) is 8.69. The normalized spacial score (nSPS) is 19.4. The molecule has 0 aromatic carbocycles. The first kappa shape index (κ1) is 14.0. The highest BCUT2D eigenvalue weighted by molar-refractivity contribution is 9.11. The van der Waals surface area contributed by atoms with Crippen molar-refractivity contribution in [1.82, 2.24) is 4.90 Å². The quantitative estimate of drug-likeness (QED) is 0.901. The average molecular weight is 332 g/mol. The van der Waals surface area contributed by atoms with Crippen molar-refractivity contribution in [2.75, 3.05) is 19.7 Å². The zero-order chi connectivity index (χ0) is 13.0. The summed E-state index contributed by atoms with van der Waals surface area (Å²) in [7, 11) is 0. The number of hydrogen-bond donors (Lipinski definition) is 1. The molecule has 2 rings (SSSR count). The molecule has 1 atom stereocenters. The van der Waals surface area contributed by atoms with Gasteiger partial charge in [-0.25, -0.2) is 0 Å². The molecule has 1 aromatic rings. The van der Waals surface area contributed by atoms with Crippen LogP contribution < -0.4 is 0 Å². The Morgan fingerprint density at radius 2 is 2.39 bits per heavy atom. The van der Waals surface area contributed by atoms with Gasteiger partial charge in [-0.1, -0.05) is 0 Å². The summed E-state index contributed by atoms with van der Waals surface area (Å²) >= 11 is 5.18. The summed E-state index contributed by atoms with van der Waals surface area (Å²) in [5.41, 5.74) is 0. The highest BCUT2D eigenvalue weighted by atomic mass is 79.9. The van der Waals surface area contributed by atoms with Gasteiger partial charge in [0.25, 0.3) is 0 Å². The molecule has 0 spiro atoms. The minimum Gasteiger partial charge on any atom is -0.396 e. The fourth-order valence-corrected chi connectivity index (χ4v) is 3.79. The van der Waals surface area contributed by atoms with Gasteiger partial charge < -0.3 is 10.0 Å². The molecular formula is C13H18BrNO2S. The van der Waals surface area contributed by atoms with Crippen LogP contribution in [-0.2, 0) is 11.2 Å². The van der Waals surface area contributed by atoms with Crippen LogP contribution in [0.5, 0.6) is 0 Å². The summed E-state index contributed by atoms with van der Waals surface area (Å²) in [6.45, 7) is 1.75. The first-order valence-corrected chi connectivity index (χ1v) is 7.93. The molecule has 1 aliphatic heterocycles. The van der Waals surface area contributed by atoms with Crippen LogP contribution in [0.1, 0.15) is 24.1 Å². The number of aryl methyl sites for hydroxylation is 1. The van der Waals surface area contributed by atoms with Crippen molar-refractivity contribution in [2.24, 2.45) is 5.92 Å². The SMILES string of the molecule is O=C(CCCc1ccc(Br)s1)N1CCC(CO)C1. The van der Waals surface area contributed by atoms with Crippen molar-refractivity contribution in [3.8, 4) is 0 Å². The van der Waals surface area contributed by atoms with E-state index in [1.165, 1.54) is 4.88 Å². The van der Waals surface area contributed by atoms with E-state index in [2.05, 4.69) is 22.0 Å². The van der Waals surface area contributed by atoms with E-state index in [1.54, 1.807) is 11.3 Å². The summed E-state index contributed by atoms with van der Waals surface area (Å²) in [5, 5.41) is 9.05. The van der Waals surface area contributed by atoms with E-state index in [0.717, 1.165) is 36.1 Å². The summed E-state index contributed by atoms with van der Waals surface area (Å²) < 4.78 is 1.15. The van der Waals surface area contributed by atoms with Crippen molar-refractivity contribution < 1.29 is 9.90 Å². The van der Waals surface area contributed by atoms with Crippen LogP contribution in [0.3, 0.4) is 0 Å². The molecule has 100 valence electrons. The van der Waals surface area contributed by atoms with Crippen LogP contribution >= 0.6 is 27.3 Å². The van der Waals surface area contributed by atoms with Crippen LogP contribution in [0.2, 0.25) is 0 Å². The van der Waals surface area contributed by atoms with E-state index in [1.807, 2.05) is 11.0 Å². The lowest BCUT2D eigenvalue weighted by molar-refractivity contribution is -0.130. The number of aliphatic hydroxyl groups is 1. The highest BCUT2D eigenvalue weighted by Gasteiger charge is 2.24. The van der Waals surface area contributed by atoms with E-state index >= 15 is 0 Å². The first-order valence-electron chi connectivity index (χ1n) is 6.32. The molecule has 0 radical (unpaired) electrons. The number of likely N-dealkylation sites (tertiary alicyclic amines) is 1. The molecule has 1 aliphatic rings. The van der Waals surface area contributed by atoms with Gasteiger partial charge in [-0.15, -0.1) is 11.3 Å². The van der Waals surface area contributed by atoms with Crippen LogP contribution in [-0.4, -0.2) is 35.6 Å². The standard InChI is InChI=1S/C13H18BrNO2S/c14-12-5-4-11(18-12)2-1-3-13(17)15-7-6-10(8-15)9-16/h4-5,10,16H,1-3,6-9H2. The van der Waals surface area contributed by atoms with Gasteiger partial charge in [-0.2, -0.15) is 0 Å². The summed E-state index contributed by atoms with van der Waals surface area (Å²) in [5.74, 6) is 0.531. The lowest BCUT2D eigenvalue weighted by Crippen LogP contribution is -2.28. The van der Waals surface area contributed by atoms with E-state index in [9.17, 15) is 4.79 Å². The van der Waals surface area contributed by atoms with E-state index in [4.69, 9.17) is 5.11 Å². The molecule has 3 nitrogen and oxygen atoms in total. The van der Waals surface area contributed by atoms with Crippen LogP contribution in [0, 0.1) is 5.92 Å². The fraction of sp³-hybridized carbons (Fsp3) is 0.615. The zero-order valence-electron chi connectivity index (χ0n) is 10.3. The van der Waals surface area contributed by atoms with Crippen LogP contribution in [0.4, 0.5) is 0 Å². The maximum atomic E-state index is 11.9. The number of rotatable bonds is 5. The molecule has 1 unspecified atom stereocenters. The minimum absolute atomic E-state index is 0.201. The highest BCUT2D eigenvalue weighted by Crippen LogP contribution is 2.24. The molecule has 1 aromatic heterocycles. The Kier molecular flexibility index (Phi) is 5.21. The number of carbonyl (C=O) groups is 1. The van der Waals surface area contributed by atoms with Gasteiger partial charge in [0, 0.05) is 36.9 Å². The largest absolute Gasteiger partial charge is 0.396 e. The van der Waals surface area contributed by atoms with Gasteiger partial charge in [0.1, 0.15) is 0 Å². The lowest BCUT2D eigenvalue weighted by atomic mass is 10.1. The van der Waals surface area contributed by atoms with Crippen molar-refractivity contribution in [3.05, 3.63) is 20.8 Å². The molecular weight excluding hydrogens is 314 g/mol. The van der Waals surface area contributed by atoms with E-state index < -0.39 is 0 Å². The lowest BCUT2D eigenvalue weighted by Gasteiger charge is -2.15. The second-order valence-corrected chi connectivity index (χ2v) is 7.28. The van der Waals surface area contributed by atoms with Crippen LogP contribution in [0.25, 0.3) is 0 Å². The summed E-state index contributed by atoms with van der Waals surface area (Å²) in [4.78, 5) is 15.2. The Morgan fingerprint density at radius 3 is 3.00 bits per heavy atom. The number of hydrogen-bond acceptors (Lipinski definition) is 3. The summed E-state index contributed by atoms with van der Waals surface area (Å²) in [6, 6.07) is 4.16. The Morgan fingerprint density at radius 1 is 1.56 bits per heavy atom. The second-order valence-electron chi connectivity index (χ2n) is 4.74. The molecule has 0 bridgehead atoms.